The van der Waals surface area contributed by atoms with E-state index in [2.05, 4.69) is 26.3 Å². The van der Waals surface area contributed by atoms with Gasteiger partial charge in [0.15, 0.2) is 5.82 Å². The predicted octanol–water partition coefficient (Wildman–Crippen LogP) is 1.53. The summed E-state index contributed by atoms with van der Waals surface area (Å²) in [4.78, 5) is 23.2. The minimum atomic E-state index is -0.640. The lowest BCUT2D eigenvalue weighted by molar-refractivity contribution is 0.100. The third-order valence-corrected chi connectivity index (χ3v) is 2.96. The van der Waals surface area contributed by atoms with Crippen LogP contribution in [0.1, 0.15) is 20.7 Å². The molecule has 19 heavy (non-hydrogen) atoms. The van der Waals surface area contributed by atoms with Crippen LogP contribution in [0.2, 0.25) is 0 Å². The van der Waals surface area contributed by atoms with Gasteiger partial charge in [0.05, 0.1) is 0 Å². The Balaban J connectivity index is 2.24. The number of amides is 2. The molecule has 0 aliphatic carbocycles. The summed E-state index contributed by atoms with van der Waals surface area (Å²) in [5, 5.41) is 6.55. The number of halogens is 1. The third kappa shape index (κ3) is 3.00. The average Bonchev–Trinajstić information content (AvgIpc) is 2.71. The maximum atomic E-state index is 12.0. The van der Waals surface area contributed by atoms with E-state index in [4.69, 9.17) is 5.73 Å². The van der Waals surface area contributed by atoms with Crippen molar-refractivity contribution in [3.63, 3.8) is 0 Å². The molecule has 0 aliphatic rings. The lowest BCUT2D eigenvalue weighted by atomic mass is 10.2. The van der Waals surface area contributed by atoms with Crippen LogP contribution in [-0.4, -0.2) is 21.6 Å². The van der Waals surface area contributed by atoms with Gasteiger partial charge in [-0.2, -0.15) is 5.10 Å². The molecule has 1 aromatic carbocycles. The number of nitrogens with one attached hydrogen (secondary N) is 1. The Morgan fingerprint density at radius 1 is 1.32 bits per heavy atom. The van der Waals surface area contributed by atoms with Crippen LogP contribution in [0.25, 0.3) is 0 Å². The van der Waals surface area contributed by atoms with Gasteiger partial charge in [0.25, 0.3) is 11.8 Å². The fraction of sp³-hybridized carbons (Fsp3) is 0.0833. The Labute approximate surface area is 117 Å². The second kappa shape index (κ2) is 5.23. The van der Waals surface area contributed by atoms with Crippen LogP contribution in [0.15, 0.2) is 34.9 Å². The lowest BCUT2D eigenvalue weighted by Gasteiger charge is -2.03. The molecule has 2 aromatic rings. The highest BCUT2D eigenvalue weighted by atomic mass is 79.9. The van der Waals surface area contributed by atoms with E-state index in [1.54, 1.807) is 31.3 Å². The van der Waals surface area contributed by atoms with Crippen LogP contribution in [0.5, 0.6) is 0 Å². The molecule has 0 unspecified atom stereocenters. The fourth-order valence-electron chi connectivity index (χ4n) is 1.54. The monoisotopic (exact) mass is 322 g/mol. The Bertz CT molecular complexity index is 634. The molecule has 0 atom stereocenters. The van der Waals surface area contributed by atoms with Gasteiger partial charge in [-0.1, -0.05) is 15.9 Å². The van der Waals surface area contributed by atoms with E-state index in [1.165, 1.54) is 10.9 Å². The summed E-state index contributed by atoms with van der Waals surface area (Å²) >= 11 is 3.29. The Hall–Kier alpha value is -2.15. The molecule has 2 amide bonds. The summed E-state index contributed by atoms with van der Waals surface area (Å²) in [6.45, 7) is 0. The molecule has 0 bridgehead atoms. The SMILES string of the molecule is Cn1cc(C(N)=O)c(NC(=O)c2ccc(Br)cc2)n1. The van der Waals surface area contributed by atoms with E-state index in [0.717, 1.165) is 4.47 Å². The van der Waals surface area contributed by atoms with Crippen molar-refractivity contribution in [2.75, 3.05) is 5.32 Å². The molecule has 1 heterocycles. The van der Waals surface area contributed by atoms with Gasteiger partial charge < -0.3 is 11.1 Å². The Morgan fingerprint density at radius 2 is 1.95 bits per heavy atom. The zero-order valence-electron chi connectivity index (χ0n) is 10.1. The number of hydrogen-bond acceptors (Lipinski definition) is 3. The van der Waals surface area contributed by atoms with Gasteiger partial charge in [0.2, 0.25) is 0 Å². The van der Waals surface area contributed by atoms with E-state index in [1.807, 2.05) is 0 Å². The van der Waals surface area contributed by atoms with Crippen LogP contribution < -0.4 is 11.1 Å². The number of nitrogens with two attached hydrogens (primary N) is 1. The summed E-state index contributed by atoms with van der Waals surface area (Å²) in [6, 6.07) is 6.82. The number of hydrogen-bond donors (Lipinski definition) is 2. The van der Waals surface area contributed by atoms with Gasteiger partial charge in [0.1, 0.15) is 5.56 Å². The Kier molecular flexibility index (Phi) is 3.66. The van der Waals surface area contributed by atoms with Crippen molar-refractivity contribution in [1.29, 1.82) is 0 Å². The smallest absolute Gasteiger partial charge is 0.256 e. The minimum absolute atomic E-state index is 0.155. The predicted molar refractivity (Wildman–Crippen MR) is 73.8 cm³/mol. The van der Waals surface area contributed by atoms with E-state index in [9.17, 15) is 9.59 Å². The molecule has 98 valence electrons. The van der Waals surface area contributed by atoms with Crippen molar-refractivity contribution < 1.29 is 9.59 Å². The number of anilines is 1. The maximum Gasteiger partial charge on any atom is 0.256 e. The van der Waals surface area contributed by atoms with Gasteiger partial charge in [-0.3, -0.25) is 14.3 Å². The average molecular weight is 323 g/mol. The fourth-order valence-corrected chi connectivity index (χ4v) is 1.81. The quantitative estimate of drug-likeness (QED) is 0.897. The number of primary amides is 1. The maximum absolute atomic E-state index is 12.0. The number of rotatable bonds is 3. The first-order valence-electron chi connectivity index (χ1n) is 5.37. The van der Waals surface area contributed by atoms with Crippen LogP contribution in [0, 0.1) is 0 Å². The zero-order valence-corrected chi connectivity index (χ0v) is 11.6. The molecular weight excluding hydrogens is 312 g/mol. The van der Waals surface area contributed by atoms with Crippen LogP contribution in [0.3, 0.4) is 0 Å². The standard InChI is InChI=1S/C12H11BrN4O2/c1-17-6-9(10(14)18)11(16-17)15-12(19)7-2-4-8(13)5-3-7/h2-6H,1H3,(H2,14,18)(H,15,16,19). The molecule has 0 fully saturated rings. The topological polar surface area (TPSA) is 90.0 Å². The van der Waals surface area contributed by atoms with Crippen molar-refractivity contribution in [2.24, 2.45) is 12.8 Å². The summed E-state index contributed by atoms with van der Waals surface area (Å²) in [7, 11) is 1.64. The summed E-state index contributed by atoms with van der Waals surface area (Å²) in [6.07, 6.45) is 1.46. The molecular formula is C12H11BrN4O2. The van der Waals surface area contributed by atoms with Gasteiger partial charge in [0, 0.05) is 23.3 Å². The molecule has 0 saturated carbocycles. The van der Waals surface area contributed by atoms with Crippen molar-refractivity contribution in [1.82, 2.24) is 9.78 Å². The number of benzene rings is 1. The van der Waals surface area contributed by atoms with E-state index in [-0.39, 0.29) is 17.3 Å². The first kappa shape index (κ1) is 13.3. The first-order chi connectivity index (χ1) is 8.97. The van der Waals surface area contributed by atoms with Crippen LogP contribution in [-0.2, 0) is 7.05 Å². The van der Waals surface area contributed by atoms with Gasteiger partial charge >= 0.3 is 0 Å². The molecule has 0 spiro atoms. The van der Waals surface area contributed by atoms with Crippen molar-refractivity contribution >= 4 is 33.6 Å². The number of carbonyl (C=O) groups excluding carboxylic acids is 2. The molecule has 0 saturated heterocycles. The second-order valence-corrected chi connectivity index (χ2v) is 4.81. The van der Waals surface area contributed by atoms with Crippen molar-refractivity contribution in [3.05, 3.63) is 46.1 Å². The molecule has 6 nitrogen and oxygen atoms in total. The zero-order chi connectivity index (χ0) is 14.0. The molecule has 2 rings (SSSR count). The number of carbonyl (C=O) groups is 2. The molecule has 3 N–H and O–H groups in total. The largest absolute Gasteiger partial charge is 0.365 e. The molecule has 7 heteroatoms. The third-order valence-electron chi connectivity index (χ3n) is 2.43. The van der Waals surface area contributed by atoms with Gasteiger partial charge in [-0.25, -0.2) is 0 Å². The van der Waals surface area contributed by atoms with E-state index >= 15 is 0 Å². The highest BCUT2D eigenvalue weighted by Crippen LogP contribution is 2.15. The highest BCUT2D eigenvalue weighted by molar-refractivity contribution is 9.10. The highest BCUT2D eigenvalue weighted by Gasteiger charge is 2.16. The number of aromatic nitrogens is 2. The van der Waals surface area contributed by atoms with Crippen LogP contribution >= 0.6 is 15.9 Å². The molecule has 1 aromatic heterocycles. The first-order valence-corrected chi connectivity index (χ1v) is 6.17. The summed E-state index contributed by atoms with van der Waals surface area (Å²) < 4.78 is 2.29. The second-order valence-electron chi connectivity index (χ2n) is 3.89. The van der Waals surface area contributed by atoms with E-state index in [0.29, 0.717) is 5.56 Å². The minimum Gasteiger partial charge on any atom is -0.365 e. The van der Waals surface area contributed by atoms with Gasteiger partial charge in [-0.05, 0) is 24.3 Å². The summed E-state index contributed by atoms with van der Waals surface area (Å²) in [5.74, 6) is -0.837. The normalized spacial score (nSPS) is 10.2. The number of nitrogens with zero attached hydrogens (tertiary/aromatic N) is 2. The van der Waals surface area contributed by atoms with Crippen molar-refractivity contribution in [3.8, 4) is 0 Å². The summed E-state index contributed by atoms with van der Waals surface area (Å²) in [5.41, 5.74) is 5.85. The lowest BCUT2D eigenvalue weighted by Crippen LogP contribution is -2.17. The Morgan fingerprint density at radius 3 is 2.53 bits per heavy atom. The van der Waals surface area contributed by atoms with Gasteiger partial charge in [-0.15, -0.1) is 0 Å². The molecule has 0 aliphatic heterocycles. The van der Waals surface area contributed by atoms with Crippen LogP contribution in [0.4, 0.5) is 5.82 Å². The number of aryl methyl sites for hydroxylation is 1. The molecule has 0 radical (unpaired) electrons. The van der Waals surface area contributed by atoms with Crippen molar-refractivity contribution in [2.45, 2.75) is 0 Å². The van der Waals surface area contributed by atoms with E-state index < -0.39 is 5.91 Å².